The first kappa shape index (κ1) is 14.2. The Morgan fingerprint density at radius 2 is 1.65 bits per heavy atom. The smallest absolute Gasteiger partial charge is 0.453 e. The second-order valence-electron chi connectivity index (χ2n) is 3.92. The SMILES string of the molecule is COc1cccc(OC)c1-c1nc(C(F)(F)F)nn1C. The predicted molar refractivity (Wildman–Crippen MR) is 64.5 cm³/mol. The van der Waals surface area contributed by atoms with Gasteiger partial charge in [-0.3, -0.25) is 0 Å². The standard InChI is InChI=1S/C12H12F3N3O2/c1-18-10(16-11(17-18)12(13,14)15)9-7(19-2)5-4-6-8(9)20-3/h4-6H,1-3H3. The van der Waals surface area contributed by atoms with Gasteiger partial charge in [0.15, 0.2) is 5.82 Å². The lowest BCUT2D eigenvalue weighted by Crippen LogP contribution is -2.08. The van der Waals surface area contributed by atoms with Crippen LogP contribution < -0.4 is 9.47 Å². The van der Waals surface area contributed by atoms with Crippen molar-refractivity contribution >= 4 is 0 Å². The lowest BCUT2D eigenvalue weighted by molar-refractivity contribution is -0.144. The Morgan fingerprint density at radius 1 is 1.10 bits per heavy atom. The summed E-state index contributed by atoms with van der Waals surface area (Å²) in [6.07, 6.45) is -4.61. The molecule has 0 atom stereocenters. The maximum Gasteiger partial charge on any atom is 0.453 e. The van der Waals surface area contributed by atoms with Crippen LogP contribution in [0.1, 0.15) is 5.82 Å². The largest absolute Gasteiger partial charge is 0.496 e. The van der Waals surface area contributed by atoms with Crippen LogP contribution in [0.5, 0.6) is 11.5 Å². The molecular formula is C12H12F3N3O2. The van der Waals surface area contributed by atoms with Crippen molar-refractivity contribution in [3.8, 4) is 22.9 Å². The minimum Gasteiger partial charge on any atom is -0.496 e. The summed E-state index contributed by atoms with van der Waals surface area (Å²) in [6, 6.07) is 4.89. The molecule has 1 aromatic heterocycles. The lowest BCUT2D eigenvalue weighted by atomic mass is 10.1. The van der Waals surface area contributed by atoms with Crippen LogP contribution in [0.3, 0.4) is 0 Å². The number of rotatable bonds is 3. The molecule has 0 saturated carbocycles. The maximum absolute atomic E-state index is 12.7. The highest BCUT2D eigenvalue weighted by atomic mass is 19.4. The number of hydrogen-bond donors (Lipinski definition) is 0. The van der Waals surface area contributed by atoms with E-state index in [2.05, 4.69) is 10.1 Å². The summed E-state index contributed by atoms with van der Waals surface area (Å²) in [5, 5.41) is 3.38. The van der Waals surface area contributed by atoms with Crippen molar-refractivity contribution in [2.75, 3.05) is 14.2 Å². The number of aryl methyl sites for hydroxylation is 1. The summed E-state index contributed by atoms with van der Waals surface area (Å²) in [5.41, 5.74) is 0.322. The highest BCUT2D eigenvalue weighted by molar-refractivity contribution is 5.72. The second-order valence-corrected chi connectivity index (χ2v) is 3.92. The van der Waals surface area contributed by atoms with Gasteiger partial charge in [-0.15, -0.1) is 5.10 Å². The highest BCUT2D eigenvalue weighted by Gasteiger charge is 2.37. The molecule has 0 N–H and O–H groups in total. The third-order valence-corrected chi connectivity index (χ3v) is 2.67. The van der Waals surface area contributed by atoms with E-state index in [-0.39, 0.29) is 5.82 Å². The Hall–Kier alpha value is -2.25. The summed E-state index contributed by atoms with van der Waals surface area (Å²) in [7, 11) is 4.21. The van der Waals surface area contributed by atoms with Gasteiger partial charge in [0.25, 0.3) is 5.82 Å². The molecule has 5 nitrogen and oxygen atoms in total. The molecule has 1 heterocycles. The molecule has 0 spiro atoms. The number of benzene rings is 1. The molecule has 8 heteroatoms. The van der Waals surface area contributed by atoms with Crippen LogP contribution >= 0.6 is 0 Å². The van der Waals surface area contributed by atoms with Gasteiger partial charge in [-0.1, -0.05) is 6.07 Å². The fourth-order valence-electron chi connectivity index (χ4n) is 1.79. The number of hydrogen-bond acceptors (Lipinski definition) is 4. The van der Waals surface area contributed by atoms with Crippen molar-refractivity contribution in [2.45, 2.75) is 6.18 Å². The minimum absolute atomic E-state index is 0.0200. The normalized spacial score (nSPS) is 11.5. The second kappa shape index (κ2) is 5.03. The maximum atomic E-state index is 12.7. The van der Waals surface area contributed by atoms with Gasteiger partial charge in [0.05, 0.1) is 14.2 Å². The summed E-state index contributed by atoms with van der Waals surface area (Å²) < 4.78 is 49.3. The van der Waals surface area contributed by atoms with Gasteiger partial charge in [0.2, 0.25) is 0 Å². The van der Waals surface area contributed by atoms with Gasteiger partial charge in [-0.05, 0) is 12.1 Å². The average molecular weight is 287 g/mol. The number of ether oxygens (including phenoxy) is 2. The van der Waals surface area contributed by atoms with E-state index in [4.69, 9.17) is 9.47 Å². The quantitative estimate of drug-likeness (QED) is 0.870. The zero-order chi connectivity index (χ0) is 14.9. The number of methoxy groups -OCH3 is 2. The Balaban J connectivity index is 2.65. The number of nitrogens with zero attached hydrogens (tertiary/aromatic N) is 3. The van der Waals surface area contributed by atoms with Crippen molar-refractivity contribution in [3.63, 3.8) is 0 Å². The first-order chi connectivity index (χ1) is 9.38. The van der Waals surface area contributed by atoms with Gasteiger partial charge in [-0.25, -0.2) is 9.67 Å². The molecular weight excluding hydrogens is 275 g/mol. The van der Waals surface area contributed by atoms with Gasteiger partial charge >= 0.3 is 6.18 Å². The van der Waals surface area contributed by atoms with Crippen LogP contribution in [-0.4, -0.2) is 29.0 Å². The van der Waals surface area contributed by atoms with Gasteiger partial charge in [-0.2, -0.15) is 13.2 Å². The van der Waals surface area contributed by atoms with E-state index in [1.807, 2.05) is 0 Å². The molecule has 0 aliphatic carbocycles. The van der Waals surface area contributed by atoms with Gasteiger partial charge < -0.3 is 9.47 Å². The predicted octanol–water partition coefficient (Wildman–Crippen LogP) is 2.52. The Labute approximate surface area is 112 Å². The highest BCUT2D eigenvalue weighted by Crippen LogP contribution is 2.38. The Kier molecular flexibility index (Phi) is 3.56. The zero-order valence-corrected chi connectivity index (χ0v) is 11.0. The molecule has 0 aliphatic rings. The molecule has 0 unspecified atom stereocenters. The fourth-order valence-corrected chi connectivity index (χ4v) is 1.79. The van der Waals surface area contributed by atoms with Crippen LogP contribution in [-0.2, 0) is 13.2 Å². The number of halogens is 3. The van der Waals surface area contributed by atoms with Crippen LogP contribution in [0.15, 0.2) is 18.2 Å². The zero-order valence-electron chi connectivity index (χ0n) is 11.0. The topological polar surface area (TPSA) is 49.2 Å². The van der Waals surface area contributed by atoms with E-state index in [1.165, 1.54) is 21.3 Å². The first-order valence-corrected chi connectivity index (χ1v) is 5.58. The lowest BCUT2D eigenvalue weighted by Gasteiger charge is -2.11. The first-order valence-electron chi connectivity index (χ1n) is 5.58. The third-order valence-electron chi connectivity index (χ3n) is 2.67. The minimum atomic E-state index is -4.61. The molecule has 0 fully saturated rings. The summed E-state index contributed by atoms with van der Waals surface area (Å²) in [6.45, 7) is 0. The summed E-state index contributed by atoms with van der Waals surface area (Å²) >= 11 is 0. The monoisotopic (exact) mass is 287 g/mol. The fraction of sp³-hybridized carbons (Fsp3) is 0.333. The van der Waals surface area contributed by atoms with E-state index in [1.54, 1.807) is 18.2 Å². The van der Waals surface area contributed by atoms with Gasteiger partial charge in [0, 0.05) is 7.05 Å². The van der Waals surface area contributed by atoms with Crippen LogP contribution in [0, 0.1) is 0 Å². The van der Waals surface area contributed by atoms with E-state index in [0.717, 1.165) is 4.68 Å². The van der Waals surface area contributed by atoms with Crippen LogP contribution in [0.4, 0.5) is 13.2 Å². The molecule has 1 aromatic carbocycles. The molecule has 0 saturated heterocycles. The molecule has 20 heavy (non-hydrogen) atoms. The van der Waals surface area contributed by atoms with Crippen LogP contribution in [0.25, 0.3) is 11.4 Å². The van der Waals surface area contributed by atoms with Crippen molar-refractivity contribution in [3.05, 3.63) is 24.0 Å². The van der Waals surface area contributed by atoms with Crippen molar-refractivity contribution in [1.82, 2.24) is 14.8 Å². The summed E-state index contributed by atoms with van der Waals surface area (Å²) in [5.74, 6) is -0.475. The van der Waals surface area contributed by atoms with E-state index < -0.39 is 12.0 Å². The van der Waals surface area contributed by atoms with E-state index >= 15 is 0 Å². The molecule has 108 valence electrons. The third kappa shape index (κ3) is 2.40. The van der Waals surface area contributed by atoms with Crippen molar-refractivity contribution in [2.24, 2.45) is 7.05 Å². The number of alkyl halides is 3. The van der Waals surface area contributed by atoms with E-state index in [0.29, 0.717) is 17.1 Å². The molecule has 0 bridgehead atoms. The van der Waals surface area contributed by atoms with E-state index in [9.17, 15) is 13.2 Å². The average Bonchev–Trinajstić information content (AvgIpc) is 2.79. The Bertz CT molecular complexity index is 601. The van der Waals surface area contributed by atoms with Crippen molar-refractivity contribution in [1.29, 1.82) is 0 Å². The molecule has 0 aliphatic heterocycles. The summed E-state index contributed by atoms with van der Waals surface area (Å²) in [4.78, 5) is 3.54. The van der Waals surface area contributed by atoms with Crippen molar-refractivity contribution < 1.29 is 22.6 Å². The van der Waals surface area contributed by atoms with Gasteiger partial charge in [0.1, 0.15) is 17.1 Å². The molecule has 2 rings (SSSR count). The molecule has 0 radical (unpaired) electrons. The number of aromatic nitrogens is 3. The van der Waals surface area contributed by atoms with Crippen LogP contribution in [0.2, 0.25) is 0 Å². The molecule has 2 aromatic rings. The molecule has 0 amide bonds. The Morgan fingerprint density at radius 3 is 2.05 bits per heavy atom.